The van der Waals surface area contributed by atoms with Crippen molar-refractivity contribution >= 4 is 15.9 Å². The van der Waals surface area contributed by atoms with E-state index in [9.17, 15) is 0 Å². The van der Waals surface area contributed by atoms with E-state index >= 15 is 0 Å². The van der Waals surface area contributed by atoms with Gasteiger partial charge in [-0.3, -0.25) is 0 Å². The zero-order chi connectivity index (χ0) is 14.0. The van der Waals surface area contributed by atoms with Gasteiger partial charge in [-0.25, -0.2) is 9.97 Å². The average Bonchev–Trinajstić information content (AvgIpc) is 2.37. The lowest BCUT2D eigenvalue weighted by Crippen LogP contribution is -2.11. The molecule has 0 aliphatic rings. The molecule has 1 atom stereocenters. The highest BCUT2D eigenvalue weighted by Crippen LogP contribution is 2.30. The summed E-state index contributed by atoms with van der Waals surface area (Å²) in [7, 11) is 1.64. The molecule has 0 aliphatic heterocycles. The zero-order valence-electron chi connectivity index (χ0n) is 11.1. The van der Waals surface area contributed by atoms with Gasteiger partial charge in [0.15, 0.2) is 0 Å². The summed E-state index contributed by atoms with van der Waals surface area (Å²) >= 11 is 3.48. The summed E-state index contributed by atoms with van der Waals surface area (Å²) in [6, 6.07) is 7.62. The van der Waals surface area contributed by atoms with Crippen molar-refractivity contribution in [2.24, 2.45) is 5.73 Å². The molecule has 4 nitrogen and oxygen atoms in total. The highest BCUT2D eigenvalue weighted by atomic mass is 79.9. The quantitative estimate of drug-likeness (QED) is 0.942. The monoisotopic (exact) mass is 321 g/mol. The molecule has 0 fully saturated rings. The maximum absolute atomic E-state index is 5.85. The summed E-state index contributed by atoms with van der Waals surface area (Å²) in [6.45, 7) is 3.82. The van der Waals surface area contributed by atoms with Crippen LogP contribution in [0.5, 0.6) is 5.75 Å². The van der Waals surface area contributed by atoms with Crippen LogP contribution in [0.4, 0.5) is 0 Å². The molecular weight excluding hydrogens is 306 g/mol. The van der Waals surface area contributed by atoms with Gasteiger partial charge in [0.05, 0.1) is 23.3 Å². The molecule has 100 valence electrons. The van der Waals surface area contributed by atoms with E-state index in [-0.39, 0.29) is 6.04 Å². The molecule has 2 aromatic rings. The van der Waals surface area contributed by atoms with Gasteiger partial charge in [0, 0.05) is 11.3 Å². The normalized spacial score (nSPS) is 12.3. The molecule has 0 bridgehead atoms. The van der Waals surface area contributed by atoms with Crippen molar-refractivity contribution in [1.82, 2.24) is 9.97 Å². The minimum absolute atomic E-state index is 0.180. The third kappa shape index (κ3) is 3.11. The standard InChI is InChI=1S/C14H16BrN3O/c1-8-6-12(18-14(17-8)9(2)16)10-4-5-13(19-3)11(15)7-10/h4-7,9H,16H2,1-3H3. The molecule has 0 amide bonds. The van der Waals surface area contributed by atoms with Crippen LogP contribution in [0.3, 0.4) is 0 Å². The number of hydrogen-bond acceptors (Lipinski definition) is 4. The molecule has 2 N–H and O–H groups in total. The number of halogens is 1. The summed E-state index contributed by atoms with van der Waals surface area (Å²) in [6.07, 6.45) is 0. The van der Waals surface area contributed by atoms with Gasteiger partial charge in [-0.05, 0) is 54.0 Å². The topological polar surface area (TPSA) is 61.0 Å². The second-order valence-corrected chi connectivity index (χ2v) is 5.25. The second-order valence-electron chi connectivity index (χ2n) is 4.39. The molecule has 0 saturated carbocycles. The summed E-state index contributed by atoms with van der Waals surface area (Å²) in [5.41, 5.74) is 8.62. The van der Waals surface area contributed by atoms with Gasteiger partial charge in [-0.2, -0.15) is 0 Å². The lowest BCUT2D eigenvalue weighted by molar-refractivity contribution is 0.412. The molecule has 1 aromatic carbocycles. The van der Waals surface area contributed by atoms with Crippen molar-refractivity contribution in [2.45, 2.75) is 19.9 Å². The number of aryl methyl sites for hydroxylation is 1. The number of hydrogen-bond donors (Lipinski definition) is 1. The van der Waals surface area contributed by atoms with Crippen molar-refractivity contribution in [1.29, 1.82) is 0 Å². The smallest absolute Gasteiger partial charge is 0.145 e. The molecule has 19 heavy (non-hydrogen) atoms. The third-order valence-electron chi connectivity index (χ3n) is 2.73. The van der Waals surface area contributed by atoms with E-state index in [1.54, 1.807) is 7.11 Å². The van der Waals surface area contributed by atoms with Crippen molar-refractivity contribution in [3.63, 3.8) is 0 Å². The van der Waals surface area contributed by atoms with Crippen LogP contribution in [-0.4, -0.2) is 17.1 Å². The van der Waals surface area contributed by atoms with E-state index in [0.717, 1.165) is 27.2 Å². The summed E-state index contributed by atoms with van der Waals surface area (Å²) < 4.78 is 6.12. The number of ether oxygens (including phenoxy) is 1. The lowest BCUT2D eigenvalue weighted by Gasteiger charge is -2.10. The molecule has 1 aromatic heterocycles. The Labute approximate surface area is 121 Å². The van der Waals surface area contributed by atoms with E-state index in [2.05, 4.69) is 25.9 Å². The summed E-state index contributed by atoms with van der Waals surface area (Å²) in [5.74, 6) is 1.45. The number of nitrogens with two attached hydrogens (primary N) is 1. The molecule has 0 spiro atoms. The maximum atomic E-state index is 5.85. The van der Waals surface area contributed by atoms with Crippen LogP contribution in [0.15, 0.2) is 28.7 Å². The van der Waals surface area contributed by atoms with Gasteiger partial charge in [-0.15, -0.1) is 0 Å². The van der Waals surface area contributed by atoms with Gasteiger partial charge >= 0.3 is 0 Å². The Morgan fingerprint density at radius 2 is 2.00 bits per heavy atom. The van der Waals surface area contributed by atoms with E-state index in [1.165, 1.54) is 0 Å². The summed E-state index contributed by atoms with van der Waals surface area (Å²) in [5, 5.41) is 0. The molecule has 1 unspecified atom stereocenters. The SMILES string of the molecule is COc1ccc(-c2cc(C)nc(C(C)N)n2)cc1Br. The Hall–Kier alpha value is -1.46. The maximum Gasteiger partial charge on any atom is 0.145 e. The van der Waals surface area contributed by atoms with Crippen LogP contribution in [-0.2, 0) is 0 Å². The van der Waals surface area contributed by atoms with Crippen LogP contribution < -0.4 is 10.5 Å². The van der Waals surface area contributed by atoms with Crippen LogP contribution in [0.2, 0.25) is 0 Å². The van der Waals surface area contributed by atoms with E-state index in [0.29, 0.717) is 5.82 Å². The lowest BCUT2D eigenvalue weighted by atomic mass is 10.1. The van der Waals surface area contributed by atoms with E-state index in [1.807, 2.05) is 38.1 Å². The van der Waals surface area contributed by atoms with E-state index < -0.39 is 0 Å². The number of nitrogens with zero attached hydrogens (tertiary/aromatic N) is 2. The van der Waals surface area contributed by atoms with Gasteiger partial charge in [0.1, 0.15) is 11.6 Å². The molecule has 5 heteroatoms. The first kappa shape index (κ1) is 14.0. The first-order valence-electron chi connectivity index (χ1n) is 5.96. The Morgan fingerprint density at radius 1 is 1.26 bits per heavy atom. The van der Waals surface area contributed by atoms with Gasteiger partial charge < -0.3 is 10.5 Å². The van der Waals surface area contributed by atoms with Crippen LogP contribution in [0.1, 0.15) is 24.5 Å². The second kappa shape index (κ2) is 5.67. The molecule has 2 rings (SSSR count). The van der Waals surface area contributed by atoms with E-state index in [4.69, 9.17) is 10.5 Å². The van der Waals surface area contributed by atoms with Gasteiger partial charge in [0.2, 0.25) is 0 Å². The number of rotatable bonds is 3. The Bertz CT molecular complexity index is 599. The van der Waals surface area contributed by atoms with Crippen LogP contribution in [0, 0.1) is 6.92 Å². The molecule has 1 heterocycles. The number of aromatic nitrogens is 2. The van der Waals surface area contributed by atoms with Crippen molar-refractivity contribution in [3.8, 4) is 17.0 Å². The average molecular weight is 322 g/mol. The van der Waals surface area contributed by atoms with Crippen LogP contribution in [0.25, 0.3) is 11.3 Å². The minimum Gasteiger partial charge on any atom is -0.496 e. The fourth-order valence-electron chi connectivity index (χ4n) is 1.77. The zero-order valence-corrected chi connectivity index (χ0v) is 12.7. The molecule has 0 saturated heterocycles. The largest absolute Gasteiger partial charge is 0.496 e. The van der Waals surface area contributed by atoms with Crippen molar-refractivity contribution < 1.29 is 4.74 Å². The molecular formula is C14H16BrN3O. The summed E-state index contributed by atoms with van der Waals surface area (Å²) in [4.78, 5) is 8.84. The molecule has 0 radical (unpaired) electrons. The Kier molecular flexibility index (Phi) is 4.17. The van der Waals surface area contributed by atoms with Crippen molar-refractivity contribution in [3.05, 3.63) is 40.3 Å². The number of benzene rings is 1. The van der Waals surface area contributed by atoms with Gasteiger partial charge in [-0.1, -0.05) is 0 Å². The predicted molar refractivity (Wildman–Crippen MR) is 79.1 cm³/mol. The van der Waals surface area contributed by atoms with Crippen LogP contribution >= 0.6 is 15.9 Å². The fourth-order valence-corrected chi connectivity index (χ4v) is 2.31. The third-order valence-corrected chi connectivity index (χ3v) is 3.35. The predicted octanol–water partition coefficient (Wildman–Crippen LogP) is 3.24. The Balaban J connectivity index is 2.49. The highest BCUT2D eigenvalue weighted by molar-refractivity contribution is 9.10. The van der Waals surface area contributed by atoms with Gasteiger partial charge in [0.25, 0.3) is 0 Å². The molecule has 0 aliphatic carbocycles. The fraction of sp³-hybridized carbons (Fsp3) is 0.286. The first-order chi connectivity index (χ1) is 9.01. The Morgan fingerprint density at radius 3 is 2.58 bits per heavy atom. The number of methoxy groups -OCH3 is 1. The highest BCUT2D eigenvalue weighted by Gasteiger charge is 2.09. The first-order valence-corrected chi connectivity index (χ1v) is 6.75. The minimum atomic E-state index is -0.180. The van der Waals surface area contributed by atoms with Crippen molar-refractivity contribution in [2.75, 3.05) is 7.11 Å².